The van der Waals surface area contributed by atoms with Crippen LogP contribution in [0.15, 0.2) is 18.2 Å². The molecule has 3 heteroatoms. The molecule has 0 saturated carbocycles. The van der Waals surface area contributed by atoms with Crippen LogP contribution in [0.4, 0.5) is 0 Å². The van der Waals surface area contributed by atoms with E-state index >= 15 is 0 Å². The van der Waals surface area contributed by atoms with E-state index in [0.717, 1.165) is 19.5 Å². The maximum atomic E-state index is 10.4. The third-order valence-electron chi connectivity index (χ3n) is 3.19. The lowest BCUT2D eigenvalue weighted by Crippen LogP contribution is -2.33. The Morgan fingerprint density at radius 3 is 2.37 bits per heavy atom. The Morgan fingerprint density at radius 1 is 1.16 bits per heavy atom. The summed E-state index contributed by atoms with van der Waals surface area (Å²) in [5.74, 6) is 0. The van der Waals surface area contributed by atoms with E-state index in [1.165, 1.54) is 16.7 Å². The predicted octanol–water partition coefficient (Wildman–Crippen LogP) is 2.22. The summed E-state index contributed by atoms with van der Waals surface area (Å²) >= 11 is 0. The quantitative estimate of drug-likeness (QED) is 0.708. The van der Waals surface area contributed by atoms with Crippen molar-refractivity contribution in [3.8, 4) is 0 Å². The zero-order chi connectivity index (χ0) is 14.3. The molecular weight excluding hydrogens is 238 g/mol. The lowest BCUT2D eigenvalue weighted by atomic mass is 9.91. The highest BCUT2D eigenvalue weighted by Gasteiger charge is 2.20. The van der Waals surface area contributed by atoms with Gasteiger partial charge in [-0.2, -0.15) is 0 Å². The van der Waals surface area contributed by atoms with Gasteiger partial charge in [0, 0.05) is 20.1 Å². The summed E-state index contributed by atoms with van der Waals surface area (Å²) in [6.07, 6.45) is 1.44. The molecule has 0 fully saturated rings. The Hall–Kier alpha value is -0.900. The van der Waals surface area contributed by atoms with Crippen LogP contribution in [0.25, 0.3) is 0 Å². The van der Waals surface area contributed by atoms with Crippen molar-refractivity contribution in [1.29, 1.82) is 0 Å². The van der Waals surface area contributed by atoms with Crippen LogP contribution in [-0.4, -0.2) is 37.5 Å². The third kappa shape index (κ3) is 6.71. The topological polar surface area (TPSA) is 41.5 Å². The molecule has 0 saturated heterocycles. The summed E-state index contributed by atoms with van der Waals surface area (Å²) in [6.45, 7) is 8.44. The summed E-state index contributed by atoms with van der Waals surface area (Å²) in [4.78, 5) is 0. The maximum Gasteiger partial charge on any atom is 0.0672 e. The van der Waals surface area contributed by atoms with Crippen molar-refractivity contribution in [2.24, 2.45) is 0 Å². The van der Waals surface area contributed by atoms with E-state index in [1.807, 2.05) is 6.92 Å². The van der Waals surface area contributed by atoms with Gasteiger partial charge in [-0.15, -0.1) is 0 Å². The average Bonchev–Trinajstić information content (AvgIpc) is 2.26. The van der Waals surface area contributed by atoms with Gasteiger partial charge in [0.2, 0.25) is 0 Å². The molecule has 2 N–H and O–H groups in total. The van der Waals surface area contributed by atoms with E-state index < -0.39 is 5.60 Å². The zero-order valence-corrected chi connectivity index (χ0v) is 12.6. The van der Waals surface area contributed by atoms with Gasteiger partial charge >= 0.3 is 0 Å². The second kappa shape index (κ2) is 7.63. The molecule has 1 atom stereocenters. The van der Waals surface area contributed by atoms with Gasteiger partial charge in [-0.3, -0.25) is 0 Å². The predicted molar refractivity (Wildman–Crippen MR) is 79.6 cm³/mol. The first kappa shape index (κ1) is 16.2. The Balaban J connectivity index is 2.44. The first-order chi connectivity index (χ1) is 8.93. The van der Waals surface area contributed by atoms with E-state index in [9.17, 15) is 5.11 Å². The molecule has 1 aromatic carbocycles. The average molecular weight is 265 g/mol. The van der Waals surface area contributed by atoms with Gasteiger partial charge in [0.05, 0.1) is 12.2 Å². The Kier molecular flexibility index (Phi) is 6.49. The van der Waals surface area contributed by atoms with Gasteiger partial charge in [0.1, 0.15) is 0 Å². The highest BCUT2D eigenvalue weighted by molar-refractivity contribution is 5.29. The van der Waals surface area contributed by atoms with Crippen molar-refractivity contribution < 1.29 is 9.84 Å². The monoisotopic (exact) mass is 265 g/mol. The number of nitrogens with one attached hydrogen (secondary N) is 1. The number of hydrogen-bond acceptors (Lipinski definition) is 3. The number of methoxy groups -OCH3 is 1. The molecular formula is C16H27NO2. The summed E-state index contributed by atoms with van der Waals surface area (Å²) < 4.78 is 4.97. The Bertz CT molecular complexity index is 368. The molecule has 0 amide bonds. The van der Waals surface area contributed by atoms with Gasteiger partial charge in [-0.1, -0.05) is 29.3 Å². The minimum Gasteiger partial charge on any atom is -0.390 e. The van der Waals surface area contributed by atoms with Crippen LogP contribution in [0.3, 0.4) is 0 Å². The zero-order valence-electron chi connectivity index (χ0n) is 12.6. The fourth-order valence-corrected chi connectivity index (χ4v) is 2.36. The minimum absolute atomic E-state index is 0.666. The Morgan fingerprint density at radius 2 is 1.79 bits per heavy atom. The molecule has 0 aliphatic rings. The van der Waals surface area contributed by atoms with Gasteiger partial charge in [0.15, 0.2) is 0 Å². The SMILES string of the molecule is COCCNCCC(C)(O)Cc1cc(C)cc(C)c1. The molecule has 1 aromatic rings. The van der Waals surface area contributed by atoms with Crippen LogP contribution in [-0.2, 0) is 11.2 Å². The summed E-state index contributed by atoms with van der Waals surface area (Å²) in [7, 11) is 1.69. The summed E-state index contributed by atoms with van der Waals surface area (Å²) in [5, 5.41) is 13.7. The van der Waals surface area contributed by atoms with E-state index in [4.69, 9.17) is 4.74 Å². The van der Waals surface area contributed by atoms with Crippen LogP contribution in [0, 0.1) is 13.8 Å². The number of aryl methyl sites for hydroxylation is 2. The van der Waals surface area contributed by atoms with E-state index in [-0.39, 0.29) is 0 Å². The molecule has 3 nitrogen and oxygen atoms in total. The van der Waals surface area contributed by atoms with Crippen molar-refractivity contribution in [3.05, 3.63) is 34.9 Å². The van der Waals surface area contributed by atoms with Crippen molar-refractivity contribution in [1.82, 2.24) is 5.32 Å². The van der Waals surface area contributed by atoms with Crippen molar-refractivity contribution in [2.75, 3.05) is 26.8 Å². The van der Waals surface area contributed by atoms with Gasteiger partial charge in [-0.05, 0) is 39.3 Å². The molecule has 0 aliphatic carbocycles. The molecule has 0 aromatic heterocycles. The molecule has 0 spiro atoms. The third-order valence-corrected chi connectivity index (χ3v) is 3.19. The molecule has 1 unspecified atom stereocenters. The number of hydrogen-bond donors (Lipinski definition) is 2. The standard InChI is InChI=1S/C16H27NO2/c1-13-9-14(2)11-15(10-13)12-16(3,18)5-6-17-7-8-19-4/h9-11,17-18H,5-8,12H2,1-4H3. The van der Waals surface area contributed by atoms with Crippen molar-refractivity contribution in [3.63, 3.8) is 0 Å². The fourth-order valence-electron chi connectivity index (χ4n) is 2.36. The van der Waals surface area contributed by atoms with E-state index in [2.05, 4.69) is 37.4 Å². The normalized spacial score (nSPS) is 14.4. The Labute approximate surface area is 117 Å². The summed E-state index contributed by atoms with van der Waals surface area (Å²) in [6, 6.07) is 6.46. The number of rotatable bonds is 8. The smallest absolute Gasteiger partial charge is 0.0672 e. The van der Waals surface area contributed by atoms with Crippen LogP contribution in [0.2, 0.25) is 0 Å². The first-order valence-electron chi connectivity index (χ1n) is 6.92. The summed E-state index contributed by atoms with van der Waals surface area (Å²) in [5.41, 5.74) is 3.05. The number of benzene rings is 1. The van der Waals surface area contributed by atoms with Gasteiger partial charge in [-0.25, -0.2) is 0 Å². The lowest BCUT2D eigenvalue weighted by molar-refractivity contribution is 0.0510. The van der Waals surface area contributed by atoms with Crippen LogP contribution < -0.4 is 5.32 Å². The molecule has 0 radical (unpaired) electrons. The number of ether oxygens (including phenoxy) is 1. The van der Waals surface area contributed by atoms with Gasteiger partial charge < -0.3 is 15.2 Å². The van der Waals surface area contributed by atoms with Crippen LogP contribution >= 0.6 is 0 Å². The number of aliphatic hydroxyl groups is 1. The van der Waals surface area contributed by atoms with E-state index in [0.29, 0.717) is 13.0 Å². The van der Waals surface area contributed by atoms with Crippen molar-refractivity contribution in [2.45, 2.75) is 39.2 Å². The second-order valence-electron chi connectivity index (χ2n) is 5.66. The largest absolute Gasteiger partial charge is 0.390 e. The molecule has 1 rings (SSSR count). The molecule has 0 bridgehead atoms. The van der Waals surface area contributed by atoms with E-state index in [1.54, 1.807) is 7.11 Å². The highest BCUT2D eigenvalue weighted by atomic mass is 16.5. The van der Waals surface area contributed by atoms with Crippen LogP contribution in [0.1, 0.15) is 30.0 Å². The van der Waals surface area contributed by atoms with Gasteiger partial charge in [0.25, 0.3) is 0 Å². The lowest BCUT2D eigenvalue weighted by Gasteiger charge is -2.24. The molecule has 0 aliphatic heterocycles. The van der Waals surface area contributed by atoms with Crippen molar-refractivity contribution >= 4 is 0 Å². The molecule has 0 heterocycles. The highest BCUT2D eigenvalue weighted by Crippen LogP contribution is 2.18. The first-order valence-corrected chi connectivity index (χ1v) is 6.92. The molecule has 108 valence electrons. The van der Waals surface area contributed by atoms with Crippen LogP contribution in [0.5, 0.6) is 0 Å². The maximum absolute atomic E-state index is 10.4. The molecule has 19 heavy (non-hydrogen) atoms. The fraction of sp³-hybridized carbons (Fsp3) is 0.625. The minimum atomic E-state index is -0.666. The second-order valence-corrected chi connectivity index (χ2v) is 5.66.